The first-order valence-corrected chi connectivity index (χ1v) is 10.5. The minimum absolute atomic E-state index is 0.487. The van der Waals surface area contributed by atoms with Gasteiger partial charge in [-0.25, -0.2) is 9.59 Å². The van der Waals surface area contributed by atoms with Crippen LogP contribution in [0.15, 0.2) is 48.5 Å². The van der Waals surface area contributed by atoms with E-state index in [9.17, 15) is 35.9 Å². The van der Waals surface area contributed by atoms with Gasteiger partial charge in [-0.1, -0.05) is 24.3 Å². The zero-order chi connectivity index (χ0) is 27.0. The van der Waals surface area contributed by atoms with Gasteiger partial charge in [0.05, 0.1) is 11.1 Å². The summed E-state index contributed by atoms with van der Waals surface area (Å²) >= 11 is 0. The van der Waals surface area contributed by atoms with Gasteiger partial charge in [-0.15, -0.1) is 0 Å². The number of carbonyl (C=O) groups excluding carboxylic acids is 2. The number of halogens is 6. The van der Waals surface area contributed by atoms with Crippen LogP contribution in [0.4, 0.5) is 26.3 Å². The number of benzene rings is 2. The van der Waals surface area contributed by atoms with E-state index < -0.39 is 63.2 Å². The van der Waals surface area contributed by atoms with E-state index in [2.05, 4.69) is 0 Å². The molecule has 35 heavy (non-hydrogen) atoms. The third-order valence-electron chi connectivity index (χ3n) is 4.71. The third kappa shape index (κ3) is 6.15. The van der Waals surface area contributed by atoms with Gasteiger partial charge in [-0.05, 0) is 76.9 Å². The van der Waals surface area contributed by atoms with Gasteiger partial charge in [0.2, 0.25) is 5.41 Å². The second-order valence-electron chi connectivity index (χ2n) is 9.91. The van der Waals surface area contributed by atoms with Crippen LogP contribution in [0.3, 0.4) is 0 Å². The molecule has 0 atom stereocenters. The Kier molecular flexibility index (Phi) is 7.41. The molecule has 0 aliphatic rings. The van der Waals surface area contributed by atoms with Crippen molar-refractivity contribution < 1.29 is 45.4 Å². The Morgan fingerprint density at radius 2 is 0.914 bits per heavy atom. The van der Waals surface area contributed by atoms with Crippen LogP contribution in [0.1, 0.15) is 73.4 Å². The van der Waals surface area contributed by atoms with Crippen LogP contribution < -0.4 is 0 Å². The van der Waals surface area contributed by atoms with Crippen LogP contribution in [0, 0.1) is 0 Å². The fraction of sp³-hybridized carbons (Fsp3) is 0.440. The number of rotatable bonds is 4. The number of esters is 2. The van der Waals surface area contributed by atoms with Gasteiger partial charge in [-0.2, -0.15) is 26.3 Å². The average molecular weight is 504 g/mol. The summed E-state index contributed by atoms with van der Waals surface area (Å²) < 4.78 is 97.2. The lowest BCUT2D eigenvalue weighted by molar-refractivity contribution is -0.288. The Bertz CT molecular complexity index is 1000. The summed E-state index contributed by atoms with van der Waals surface area (Å²) in [4.78, 5) is 24.8. The molecule has 0 radical (unpaired) electrons. The fourth-order valence-electron chi connectivity index (χ4n) is 3.41. The standard InChI is InChI=1S/C25H26F6O4/c1-21(2,3)34-19(32)15-9-7-11-17(13-15)23(24(26,27)28,25(29,30)31)18-12-8-10-16(14-18)20(33)35-22(4,5)6/h7-14H,1-6H3. The molecule has 0 aliphatic carbocycles. The highest BCUT2D eigenvalue weighted by molar-refractivity contribution is 5.91. The predicted molar refractivity (Wildman–Crippen MR) is 116 cm³/mol. The summed E-state index contributed by atoms with van der Waals surface area (Å²) in [5.41, 5.74) is -10.1. The van der Waals surface area contributed by atoms with Gasteiger partial charge in [0.15, 0.2) is 0 Å². The van der Waals surface area contributed by atoms with Crippen molar-refractivity contribution in [3.63, 3.8) is 0 Å². The van der Waals surface area contributed by atoms with E-state index in [0.717, 1.165) is 24.3 Å². The Labute approximate surface area is 199 Å². The quantitative estimate of drug-likeness (QED) is 0.332. The smallest absolute Gasteiger partial charge is 0.411 e. The van der Waals surface area contributed by atoms with Gasteiger partial charge in [-0.3, -0.25) is 0 Å². The second kappa shape index (κ2) is 9.20. The van der Waals surface area contributed by atoms with E-state index in [1.165, 1.54) is 41.5 Å². The van der Waals surface area contributed by atoms with Crippen molar-refractivity contribution in [2.45, 2.75) is 70.5 Å². The first kappa shape index (κ1) is 28.2. The molecule has 4 nitrogen and oxygen atoms in total. The van der Waals surface area contributed by atoms with E-state index in [4.69, 9.17) is 9.47 Å². The van der Waals surface area contributed by atoms with E-state index in [1.54, 1.807) is 0 Å². The van der Waals surface area contributed by atoms with E-state index in [-0.39, 0.29) is 0 Å². The Hall–Kier alpha value is -3.04. The third-order valence-corrected chi connectivity index (χ3v) is 4.71. The Balaban J connectivity index is 2.81. The molecule has 0 saturated carbocycles. The van der Waals surface area contributed by atoms with Crippen LogP contribution >= 0.6 is 0 Å². The van der Waals surface area contributed by atoms with Crippen molar-refractivity contribution in [1.29, 1.82) is 0 Å². The normalized spacial score (nSPS) is 13.4. The van der Waals surface area contributed by atoms with Crippen molar-refractivity contribution >= 4 is 11.9 Å². The van der Waals surface area contributed by atoms with Crippen molar-refractivity contribution in [3.8, 4) is 0 Å². The molecule has 2 aromatic carbocycles. The molecule has 0 bridgehead atoms. The Morgan fingerprint density at radius 3 is 1.17 bits per heavy atom. The van der Waals surface area contributed by atoms with Crippen molar-refractivity contribution in [2.75, 3.05) is 0 Å². The van der Waals surface area contributed by atoms with Crippen LogP contribution in [0.25, 0.3) is 0 Å². The van der Waals surface area contributed by atoms with E-state index in [1.807, 2.05) is 0 Å². The monoisotopic (exact) mass is 504 g/mol. The summed E-state index contributed by atoms with van der Waals surface area (Å²) in [6.45, 7) is 9.04. The molecule has 0 aromatic heterocycles. The van der Waals surface area contributed by atoms with Gasteiger partial charge in [0.1, 0.15) is 11.2 Å². The van der Waals surface area contributed by atoms with E-state index >= 15 is 0 Å². The van der Waals surface area contributed by atoms with E-state index in [0.29, 0.717) is 24.3 Å². The molecule has 10 heteroatoms. The molecule has 0 fully saturated rings. The summed E-state index contributed by atoms with van der Waals surface area (Å²) in [6, 6.07) is 6.24. The molecular weight excluding hydrogens is 478 g/mol. The SMILES string of the molecule is CC(C)(C)OC(=O)c1cccc(C(c2cccc(C(=O)OC(C)(C)C)c2)(C(F)(F)F)C(F)(F)F)c1. The molecular formula is C25H26F6O4. The van der Waals surface area contributed by atoms with Crippen molar-refractivity contribution in [3.05, 3.63) is 70.8 Å². The molecule has 0 heterocycles. The molecule has 0 N–H and O–H groups in total. The maximum absolute atomic E-state index is 14.5. The van der Waals surface area contributed by atoms with Crippen molar-refractivity contribution in [2.24, 2.45) is 0 Å². The first-order chi connectivity index (χ1) is 15.7. The number of hydrogen-bond acceptors (Lipinski definition) is 4. The molecule has 0 spiro atoms. The second-order valence-corrected chi connectivity index (χ2v) is 9.91. The van der Waals surface area contributed by atoms with Crippen LogP contribution in [-0.4, -0.2) is 35.5 Å². The number of hydrogen-bond donors (Lipinski definition) is 0. The minimum Gasteiger partial charge on any atom is -0.456 e. The molecule has 0 aliphatic heterocycles. The lowest BCUT2D eigenvalue weighted by Crippen LogP contribution is -2.55. The highest BCUT2D eigenvalue weighted by Crippen LogP contribution is 2.56. The first-order valence-electron chi connectivity index (χ1n) is 10.5. The summed E-state index contributed by atoms with van der Waals surface area (Å²) in [6.07, 6.45) is -11.8. The Morgan fingerprint density at radius 1 is 0.600 bits per heavy atom. The molecule has 0 saturated heterocycles. The molecule has 0 amide bonds. The van der Waals surface area contributed by atoms with Crippen LogP contribution in [0.5, 0.6) is 0 Å². The number of ether oxygens (including phenoxy) is 2. The zero-order valence-corrected chi connectivity index (χ0v) is 20.0. The van der Waals surface area contributed by atoms with Gasteiger partial charge < -0.3 is 9.47 Å². The highest BCUT2D eigenvalue weighted by Gasteiger charge is 2.72. The van der Waals surface area contributed by atoms with Gasteiger partial charge in [0.25, 0.3) is 0 Å². The lowest BCUT2D eigenvalue weighted by Gasteiger charge is -2.38. The maximum atomic E-state index is 14.5. The molecule has 2 aromatic rings. The minimum atomic E-state index is -5.90. The summed E-state index contributed by atoms with van der Waals surface area (Å²) in [7, 11) is 0. The maximum Gasteiger partial charge on any atom is 0.411 e. The summed E-state index contributed by atoms with van der Waals surface area (Å²) in [5.74, 6) is -2.17. The van der Waals surface area contributed by atoms with Crippen LogP contribution in [-0.2, 0) is 14.9 Å². The summed E-state index contributed by atoms with van der Waals surface area (Å²) in [5, 5.41) is 0. The largest absolute Gasteiger partial charge is 0.456 e. The molecule has 2 rings (SSSR count). The van der Waals surface area contributed by atoms with Crippen molar-refractivity contribution in [1.82, 2.24) is 0 Å². The number of alkyl halides is 6. The molecule has 192 valence electrons. The lowest BCUT2D eigenvalue weighted by atomic mass is 9.72. The molecule has 0 unspecified atom stereocenters. The number of carbonyl (C=O) groups is 2. The fourth-order valence-corrected chi connectivity index (χ4v) is 3.41. The van der Waals surface area contributed by atoms with Crippen LogP contribution in [0.2, 0.25) is 0 Å². The topological polar surface area (TPSA) is 52.6 Å². The highest BCUT2D eigenvalue weighted by atomic mass is 19.4. The average Bonchev–Trinajstić information content (AvgIpc) is 2.64. The zero-order valence-electron chi connectivity index (χ0n) is 20.0. The predicted octanol–water partition coefficient (Wildman–Crippen LogP) is 7.01. The van der Waals surface area contributed by atoms with Gasteiger partial charge >= 0.3 is 24.3 Å². The van der Waals surface area contributed by atoms with Gasteiger partial charge in [0, 0.05) is 0 Å².